The predicted octanol–water partition coefficient (Wildman–Crippen LogP) is 1.55. The summed E-state index contributed by atoms with van der Waals surface area (Å²) in [6, 6.07) is 0. The van der Waals surface area contributed by atoms with Gasteiger partial charge in [0.05, 0.1) is 12.6 Å². The van der Waals surface area contributed by atoms with Crippen molar-refractivity contribution in [3.05, 3.63) is 18.2 Å². The van der Waals surface area contributed by atoms with E-state index in [-0.39, 0.29) is 11.5 Å². The fourth-order valence-corrected chi connectivity index (χ4v) is 3.74. The predicted molar refractivity (Wildman–Crippen MR) is 70.0 cm³/mol. The van der Waals surface area contributed by atoms with Gasteiger partial charge in [-0.1, -0.05) is 6.42 Å². The summed E-state index contributed by atoms with van der Waals surface area (Å²) in [5.41, 5.74) is 0.184. The average Bonchev–Trinajstić information content (AvgIpc) is 2.89. The van der Waals surface area contributed by atoms with Crippen LogP contribution in [0, 0.1) is 5.41 Å². The zero-order chi connectivity index (χ0) is 12.6. The lowest BCUT2D eigenvalue weighted by Gasteiger charge is -2.42. The van der Waals surface area contributed by atoms with E-state index in [0.717, 1.165) is 31.9 Å². The number of likely N-dealkylation sites (tertiary alicyclic amines) is 1. The van der Waals surface area contributed by atoms with Crippen molar-refractivity contribution in [2.24, 2.45) is 12.5 Å². The van der Waals surface area contributed by atoms with Crippen LogP contribution in [-0.4, -0.2) is 38.8 Å². The van der Waals surface area contributed by atoms with Gasteiger partial charge in [0.2, 0.25) is 0 Å². The van der Waals surface area contributed by atoms with Crippen LogP contribution in [0.15, 0.2) is 12.4 Å². The largest absolute Gasteiger partial charge is 0.393 e. The minimum absolute atomic E-state index is 0.0818. The van der Waals surface area contributed by atoms with E-state index in [9.17, 15) is 5.11 Å². The Bertz CT molecular complexity index is 417. The van der Waals surface area contributed by atoms with Gasteiger partial charge in [0, 0.05) is 31.4 Å². The lowest BCUT2D eigenvalue weighted by Crippen LogP contribution is -2.47. The molecule has 1 spiro atoms. The lowest BCUT2D eigenvalue weighted by molar-refractivity contribution is -0.0129. The standard InChI is InChI=1S/C14H23N3O/c1-16-9-7-15-13(16)10-17-8-3-6-14(11-17)5-2-4-12(14)18/h7,9,12,18H,2-6,8,10-11H2,1H3/t12-,14+/m1/s1. The highest BCUT2D eigenvalue weighted by Crippen LogP contribution is 2.45. The van der Waals surface area contributed by atoms with Gasteiger partial charge in [-0.05, 0) is 32.2 Å². The Balaban J connectivity index is 1.69. The number of imidazole rings is 1. The molecule has 1 saturated carbocycles. The molecule has 2 aliphatic rings. The number of hydrogen-bond donors (Lipinski definition) is 1. The van der Waals surface area contributed by atoms with Crippen molar-refractivity contribution in [3.63, 3.8) is 0 Å². The molecular formula is C14H23N3O. The molecular weight excluding hydrogens is 226 g/mol. The summed E-state index contributed by atoms with van der Waals surface area (Å²) in [5, 5.41) is 10.3. The number of rotatable bonds is 2. The van der Waals surface area contributed by atoms with E-state index >= 15 is 0 Å². The Morgan fingerprint density at radius 2 is 2.28 bits per heavy atom. The monoisotopic (exact) mass is 249 g/mol. The van der Waals surface area contributed by atoms with Crippen molar-refractivity contribution >= 4 is 0 Å². The van der Waals surface area contributed by atoms with Gasteiger partial charge in [0.1, 0.15) is 5.82 Å². The first kappa shape index (κ1) is 12.2. The second-order valence-electron chi connectivity index (χ2n) is 6.04. The fraction of sp³-hybridized carbons (Fsp3) is 0.786. The van der Waals surface area contributed by atoms with Crippen LogP contribution < -0.4 is 0 Å². The van der Waals surface area contributed by atoms with Gasteiger partial charge < -0.3 is 9.67 Å². The SMILES string of the molecule is Cn1ccnc1CN1CCC[C@@]2(CCC[C@H]2O)C1. The minimum atomic E-state index is -0.0818. The second-order valence-corrected chi connectivity index (χ2v) is 6.04. The van der Waals surface area contributed by atoms with Crippen LogP contribution in [0.5, 0.6) is 0 Å². The van der Waals surface area contributed by atoms with Gasteiger partial charge in [-0.15, -0.1) is 0 Å². The molecule has 1 aromatic rings. The molecule has 3 rings (SSSR count). The summed E-state index contributed by atoms with van der Waals surface area (Å²) in [6.07, 6.45) is 9.58. The molecule has 1 aliphatic heterocycles. The summed E-state index contributed by atoms with van der Waals surface area (Å²) in [6.45, 7) is 3.10. The maximum atomic E-state index is 10.3. The van der Waals surface area contributed by atoms with Crippen LogP contribution in [0.25, 0.3) is 0 Å². The second kappa shape index (κ2) is 4.67. The number of aryl methyl sites for hydroxylation is 1. The molecule has 0 bridgehead atoms. The maximum absolute atomic E-state index is 10.3. The van der Waals surface area contributed by atoms with Crippen LogP contribution in [0.3, 0.4) is 0 Å². The number of aromatic nitrogens is 2. The highest BCUT2D eigenvalue weighted by atomic mass is 16.3. The van der Waals surface area contributed by atoms with E-state index in [4.69, 9.17) is 0 Å². The molecule has 4 heteroatoms. The Morgan fingerprint density at radius 3 is 2.94 bits per heavy atom. The van der Waals surface area contributed by atoms with Gasteiger partial charge in [0.15, 0.2) is 0 Å². The molecule has 4 nitrogen and oxygen atoms in total. The van der Waals surface area contributed by atoms with E-state index < -0.39 is 0 Å². The molecule has 18 heavy (non-hydrogen) atoms. The molecule has 0 aromatic carbocycles. The number of piperidine rings is 1. The molecule has 100 valence electrons. The molecule has 1 aliphatic carbocycles. The first-order valence-corrected chi connectivity index (χ1v) is 7.06. The van der Waals surface area contributed by atoms with Crippen molar-refractivity contribution in [2.45, 2.75) is 44.8 Å². The summed E-state index contributed by atoms with van der Waals surface area (Å²) in [5.74, 6) is 1.12. The van der Waals surface area contributed by atoms with Crippen LogP contribution in [0.4, 0.5) is 0 Å². The highest BCUT2D eigenvalue weighted by molar-refractivity contribution is 4.99. The van der Waals surface area contributed by atoms with Crippen molar-refractivity contribution in [1.82, 2.24) is 14.5 Å². The Morgan fingerprint density at radius 1 is 1.44 bits per heavy atom. The minimum Gasteiger partial charge on any atom is -0.393 e. The van der Waals surface area contributed by atoms with E-state index in [1.54, 1.807) is 0 Å². The molecule has 2 atom stereocenters. The van der Waals surface area contributed by atoms with Crippen molar-refractivity contribution in [2.75, 3.05) is 13.1 Å². The Labute approximate surface area is 109 Å². The van der Waals surface area contributed by atoms with Crippen LogP contribution in [0.2, 0.25) is 0 Å². The quantitative estimate of drug-likeness (QED) is 0.864. The molecule has 0 amide bonds. The zero-order valence-corrected chi connectivity index (χ0v) is 11.2. The first-order chi connectivity index (χ1) is 8.70. The van der Waals surface area contributed by atoms with E-state index in [1.165, 1.54) is 25.7 Å². The molecule has 2 fully saturated rings. The third-order valence-electron chi connectivity index (χ3n) is 4.83. The number of aliphatic hydroxyl groups excluding tert-OH is 1. The summed E-state index contributed by atoms with van der Waals surface area (Å²) >= 11 is 0. The van der Waals surface area contributed by atoms with Gasteiger partial charge in [-0.3, -0.25) is 4.90 Å². The van der Waals surface area contributed by atoms with Crippen molar-refractivity contribution in [1.29, 1.82) is 0 Å². The summed E-state index contributed by atoms with van der Waals surface area (Å²) in [4.78, 5) is 6.88. The Hall–Kier alpha value is -0.870. The van der Waals surface area contributed by atoms with Crippen LogP contribution >= 0.6 is 0 Å². The molecule has 2 heterocycles. The highest BCUT2D eigenvalue weighted by Gasteiger charge is 2.44. The van der Waals surface area contributed by atoms with E-state index in [2.05, 4.69) is 14.5 Å². The number of aliphatic hydroxyl groups is 1. The maximum Gasteiger partial charge on any atom is 0.122 e. The smallest absolute Gasteiger partial charge is 0.122 e. The van der Waals surface area contributed by atoms with Gasteiger partial charge in [0.25, 0.3) is 0 Å². The van der Waals surface area contributed by atoms with Gasteiger partial charge >= 0.3 is 0 Å². The third kappa shape index (κ3) is 2.08. The number of hydrogen-bond acceptors (Lipinski definition) is 3. The average molecular weight is 249 g/mol. The molecule has 1 aromatic heterocycles. The summed E-state index contributed by atoms with van der Waals surface area (Å²) < 4.78 is 2.09. The van der Waals surface area contributed by atoms with Gasteiger partial charge in [-0.25, -0.2) is 4.98 Å². The lowest BCUT2D eigenvalue weighted by atomic mass is 9.77. The van der Waals surface area contributed by atoms with E-state index in [0.29, 0.717) is 0 Å². The van der Waals surface area contributed by atoms with E-state index in [1.807, 2.05) is 19.4 Å². The zero-order valence-electron chi connectivity index (χ0n) is 11.2. The number of nitrogens with zero attached hydrogens (tertiary/aromatic N) is 3. The van der Waals surface area contributed by atoms with Crippen molar-refractivity contribution in [3.8, 4) is 0 Å². The molecule has 0 unspecified atom stereocenters. The molecule has 1 N–H and O–H groups in total. The molecule has 0 radical (unpaired) electrons. The third-order valence-corrected chi connectivity index (χ3v) is 4.83. The Kier molecular flexibility index (Phi) is 3.16. The van der Waals surface area contributed by atoms with Crippen LogP contribution in [-0.2, 0) is 13.6 Å². The first-order valence-electron chi connectivity index (χ1n) is 7.06. The normalized spacial score (nSPS) is 33.3. The topological polar surface area (TPSA) is 41.3 Å². The van der Waals surface area contributed by atoms with Crippen molar-refractivity contribution < 1.29 is 5.11 Å². The van der Waals surface area contributed by atoms with Crippen LogP contribution in [0.1, 0.15) is 37.9 Å². The van der Waals surface area contributed by atoms with Gasteiger partial charge in [-0.2, -0.15) is 0 Å². The molecule has 1 saturated heterocycles. The summed E-state index contributed by atoms with van der Waals surface area (Å²) in [7, 11) is 2.05. The fourth-order valence-electron chi connectivity index (χ4n) is 3.74.